The lowest BCUT2D eigenvalue weighted by molar-refractivity contribution is -0.150. The molecule has 230 valence electrons. The van der Waals surface area contributed by atoms with E-state index in [1.807, 2.05) is 30.3 Å². The second-order valence-electron chi connectivity index (χ2n) is 11.4. The Labute approximate surface area is 251 Å². The molecule has 0 radical (unpaired) electrons. The van der Waals surface area contributed by atoms with Crippen LogP contribution in [-0.4, -0.2) is 78.7 Å². The number of esters is 1. The fourth-order valence-electron chi connectivity index (χ4n) is 6.07. The van der Waals surface area contributed by atoms with Gasteiger partial charge in [-0.2, -0.15) is 9.97 Å². The summed E-state index contributed by atoms with van der Waals surface area (Å²) in [5.74, 6) is -1.28. The van der Waals surface area contributed by atoms with E-state index in [0.717, 1.165) is 30.6 Å². The summed E-state index contributed by atoms with van der Waals surface area (Å²) in [6.07, 6.45) is 7.32. The van der Waals surface area contributed by atoms with E-state index >= 15 is 0 Å². The molecule has 1 aromatic carbocycles. The number of nitrogens with zero attached hydrogens (tertiary/aromatic N) is 3. The smallest absolute Gasteiger partial charge is 0.332 e. The van der Waals surface area contributed by atoms with E-state index in [0.29, 0.717) is 31.5 Å². The number of ether oxygens (including phenoxy) is 4. The Kier molecular flexibility index (Phi) is 9.17. The number of carbonyl (C=O) groups is 3. The molecular weight excluding hydrogens is 552 g/mol. The Hall–Kier alpha value is -4.15. The lowest BCUT2D eigenvalue weighted by atomic mass is 9.93. The molecule has 1 N–H and O–H groups in total. The van der Waals surface area contributed by atoms with Gasteiger partial charge >= 0.3 is 12.0 Å². The minimum atomic E-state index is -1.10. The Morgan fingerprint density at radius 3 is 2.56 bits per heavy atom. The molecule has 1 aliphatic heterocycles. The molecule has 2 amide bonds. The zero-order chi connectivity index (χ0) is 30.6. The van der Waals surface area contributed by atoms with Crippen LogP contribution in [0, 0.1) is 17.8 Å². The van der Waals surface area contributed by atoms with Crippen LogP contribution in [0.1, 0.15) is 45.4 Å². The molecule has 11 nitrogen and oxygen atoms in total. The average molecular weight is 593 g/mol. The Morgan fingerprint density at radius 1 is 1.07 bits per heavy atom. The molecule has 11 heteroatoms. The second kappa shape index (κ2) is 13.0. The summed E-state index contributed by atoms with van der Waals surface area (Å²) in [5, 5.41) is 3.01. The highest BCUT2D eigenvalue weighted by Crippen LogP contribution is 2.47. The maximum atomic E-state index is 13.8. The van der Waals surface area contributed by atoms with Crippen molar-refractivity contribution in [3.63, 3.8) is 0 Å². The zero-order valence-corrected chi connectivity index (χ0v) is 25.2. The van der Waals surface area contributed by atoms with Gasteiger partial charge in [-0.1, -0.05) is 12.2 Å². The minimum Gasteiger partial charge on any atom is -0.497 e. The number of rotatable bonds is 7. The summed E-state index contributed by atoms with van der Waals surface area (Å²) in [4.78, 5) is 51.1. The maximum Gasteiger partial charge on any atom is 0.332 e. The van der Waals surface area contributed by atoms with Gasteiger partial charge in [0.1, 0.15) is 17.4 Å². The third kappa shape index (κ3) is 6.60. The first-order valence-corrected chi connectivity index (χ1v) is 14.9. The molecule has 3 aliphatic rings. The predicted molar refractivity (Wildman–Crippen MR) is 157 cm³/mol. The number of aromatic nitrogens is 2. The van der Waals surface area contributed by atoms with E-state index in [9.17, 15) is 14.4 Å². The highest BCUT2D eigenvalue weighted by atomic mass is 16.5. The number of hydrogen-bond acceptors (Lipinski definition) is 9. The van der Waals surface area contributed by atoms with Crippen molar-refractivity contribution in [2.75, 3.05) is 34.4 Å². The van der Waals surface area contributed by atoms with Gasteiger partial charge < -0.3 is 29.2 Å². The standard InChI is InChI=1S/C32H40N4O7/c1-5-42-30(39)32-19-21(32)10-8-6-7-9-15-36(2)29(38)25-17-23(16-24(25)28(37)35-32)43-27-18-26(33-31(34-27)41-4)20-11-13-22(40-3)14-12-20/h8,10-14,18,21,23-25H,5-7,9,15-17,19H2,1-4H3,(H,35,37)/b10-8-/t21-,23-,24-,25-,32-/m1/s1. The van der Waals surface area contributed by atoms with Crippen molar-refractivity contribution in [1.29, 1.82) is 0 Å². The molecule has 2 aliphatic carbocycles. The summed E-state index contributed by atoms with van der Waals surface area (Å²) in [6, 6.07) is 9.28. The van der Waals surface area contributed by atoms with E-state index in [2.05, 4.69) is 21.4 Å². The fraction of sp³-hybridized carbons (Fsp3) is 0.531. The lowest BCUT2D eigenvalue weighted by Gasteiger charge is -2.26. The van der Waals surface area contributed by atoms with Crippen LogP contribution in [0.2, 0.25) is 0 Å². The monoisotopic (exact) mass is 592 g/mol. The average Bonchev–Trinajstić information content (AvgIpc) is 3.55. The van der Waals surface area contributed by atoms with Gasteiger partial charge in [-0.25, -0.2) is 4.79 Å². The van der Waals surface area contributed by atoms with E-state index in [4.69, 9.17) is 18.9 Å². The van der Waals surface area contributed by atoms with Crippen LogP contribution in [0.4, 0.5) is 0 Å². The first-order chi connectivity index (χ1) is 20.8. The normalized spacial score (nSPS) is 28.0. The third-order valence-corrected chi connectivity index (χ3v) is 8.57. The number of amides is 2. The van der Waals surface area contributed by atoms with Crippen LogP contribution in [0.25, 0.3) is 11.3 Å². The van der Waals surface area contributed by atoms with Gasteiger partial charge in [-0.3, -0.25) is 9.59 Å². The van der Waals surface area contributed by atoms with Gasteiger partial charge in [-0.15, -0.1) is 0 Å². The van der Waals surface area contributed by atoms with Crippen molar-refractivity contribution in [2.45, 2.75) is 57.1 Å². The van der Waals surface area contributed by atoms with Crippen molar-refractivity contribution in [3.05, 3.63) is 42.5 Å². The minimum absolute atomic E-state index is 0.101. The highest BCUT2D eigenvalue weighted by Gasteiger charge is 2.62. The number of fused-ring (bicyclic) bond motifs is 2. The van der Waals surface area contributed by atoms with Crippen molar-refractivity contribution in [2.24, 2.45) is 17.8 Å². The summed E-state index contributed by atoms with van der Waals surface area (Å²) in [5.41, 5.74) is 0.317. The topological polar surface area (TPSA) is 129 Å². The Balaban J connectivity index is 1.40. The molecule has 2 saturated carbocycles. The van der Waals surface area contributed by atoms with E-state index in [1.54, 1.807) is 32.0 Å². The molecule has 5 rings (SSSR count). The SMILES string of the molecule is CCOC(=O)[C@@]12C[C@H]1/C=C\CCCCN(C)C(=O)[C@@H]1C[C@H](Oc3cc(-c4ccc(OC)cc4)nc(OC)n3)C[C@H]1C(=O)N2. The zero-order valence-electron chi connectivity index (χ0n) is 25.2. The first kappa shape index (κ1) is 30.3. The van der Waals surface area contributed by atoms with Gasteiger partial charge in [0.25, 0.3) is 0 Å². The third-order valence-electron chi connectivity index (χ3n) is 8.57. The number of carbonyl (C=O) groups excluding carboxylic acids is 3. The molecule has 0 saturated heterocycles. The van der Waals surface area contributed by atoms with Crippen LogP contribution < -0.4 is 19.5 Å². The quantitative estimate of drug-likeness (QED) is 0.379. The lowest BCUT2D eigenvalue weighted by Crippen LogP contribution is -2.50. The van der Waals surface area contributed by atoms with Crippen LogP contribution in [0.3, 0.4) is 0 Å². The molecule has 2 fully saturated rings. The molecule has 0 spiro atoms. The number of allylic oxidation sites excluding steroid dienone is 1. The second-order valence-corrected chi connectivity index (χ2v) is 11.4. The van der Waals surface area contributed by atoms with E-state index in [1.165, 1.54) is 7.11 Å². The molecule has 0 unspecified atom stereocenters. The molecule has 2 heterocycles. The van der Waals surface area contributed by atoms with Crippen LogP contribution in [0.5, 0.6) is 17.6 Å². The number of nitrogens with one attached hydrogen (secondary N) is 1. The summed E-state index contributed by atoms with van der Waals surface area (Å²) >= 11 is 0. The largest absolute Gasteiger partial charge is 0.497 e. The number of hydrogen-bond donors (Lipinski definition) is 1. The van der Waals surface area contributed by atoms with Crippen molar-refractivity contribution in [3.8, 4) is 28.9 Å². The Morgan fingerprint density at radius 2 is 1.84 bits per heavy atom. The molecule has 43 heavy (non-hydrogen) atoms. The van der Waals surface area contributed by atoms with Crippen molar-refractivity contribution < 1.29 is 33.3 Å². The molecule has 1 aromatic heterocycles. The summed E-state index contributed by atoms with van der Waals surface area (Å²) in [7, 11) is 4.86. The van der Waals surface area contributed by atoms with Crippen LogP contribution >= 0.6 is 0 Å². The Bertz CT molecular complexity index is 1360. The molecule has 2 aromatic rings. The molecular formula is C32H40N4O7. The van der Waals surface area contributed by atoms with Crippen LogP contribution in [-0.2, 0) is 19.1 Å². The molecule has 0 bridgehead atoms. The van der Waals surface area contributed by atoms with Gasteiger partial charge in [0.05, 0.1) is 38.4 Å². The van der Waals surface area contributed by atoms with Gasteiger partial charge in [0, 0.05) is 31.1 Å². The van der Waals surface area contributed by atoms with Gasteiger partial charge in [0.15, 0.2) is 0 Å². The number of methoxy groups -OCH3 is 2. The van der Waals surface area contributed by atoms with Crippen molar-refractivity contribution in [1.82, 2.24) is 20.2 Å². The van der Waals surface area contributed by atoms with E-state index < -0.39 is 29.4 Å². The molecule has 5 atom stereocenters. The fourth-order valence-corrected chi connectivity index (χ4v) is 6.07. The predicted octanol–water partition coefficient (Wildman–Crippen LogP) is 3.57. The van der Waals surface area contributed by atoms with Crippen LogP contribution in [0.15, 0.2) is 42.5 Å². The van der Waals surface area contributed by atoms with Gasteiger partial charge in [-0.05, 0) is 69.7 Å². The first-order valence-electron chi connectivity index (χ1n) is 14.9. The number of benzene rings is 1. The van der Waals surface area contributed by atoms with E-state index in [-0.39, 0.29) is 36.2 Å². The summed E-state index contributed by atoms with van der Waals surface area (Å²) < 4.78 is 22.3. The highest BCUT2D eigenvalue weighted by molar-refractivity contribution is 5.95. The maximum absolute atomic E-state index is 13.8. The summed E-state index contributed by atoms with van der Waals surface area (Å²) in [6.45, 7) is 2.57. The van der Waals surface area contributed by atoms with Gasteiger partial charge in [0.2, 0.25) is 17.7 Å². The van der Waals surface area contributed by atoms with Crippen molar-refractivity contribution >= 4 is 17.8 Å².